The van der Waals surface area contributed by atoms with E-state index in [1.807, 2.05) is 21.0 Å². The maximum Gasteiger partial charge on any atom is 0.122 e. The van der Waals surface area contributed by atoms with Crippen LogP contribution in [-0.2, 0) is 12.0 Å². The third-order valence-electron chi connectivity index (χ3n) is 4.43. The molecule has 0 heterocycles. The summed E-state index contributed by atoms with van der Waals surface area (Å²) in [5.74, 6) is 0.433. The highest BCUT2D eigenvalue weighted by molar-refractivity contribution is 5.46. The fourth-order valence-electron chi connectivity index (χ4n) is 3.28. The Kier molecular flexibility index (Phi) is 4.16. The van der Waals surface area contributed by atoms with Crippen LogP contribution in [0.1, 0.15) is 42.4 Å². The standard InChI is InChI=1S/C16H26N2O/c1-12-8-14(16(11-17)6-4-5-7-16)9-13(15(12)19)10-18(2)3/h8-9,19H,4-7,10-11,17H2,1-3H3. The number of phenolic OH excluding ortho intramolecular Hbond substituents is 1. The molecule has 3 heteroatoms. The highest BCUT2D eigenvalue weighted by atomic mass is 16.3. The summed E-state index contributed by atoms with van der Waals surface area (Å²) >= 11 is 0. The third kappa shape index (κ3) is 2.77. The second-order valence-corrected chi connectivity index (χ2v) is 6.23. The number of aromatic hydroxyl groups is 1. The molecule has 1 aromatic rings. The number of nitrogens with two attached hydrogens (primary N) is 1. The molecule has 0 bridgehead atoms. The normalized spacial score (nSPS) is 18.2. The Balaban J connectivity index is 2.43. The number of hydrogen-bond acceptors (Lipinski definition) is 3. The minimum absolute atomic E-state index is 0.138. The van der Waals surface area contributed by atoms with Crippen LogP contribution < -0.4 is 5.73 Å². The van der Waals surface area contributed by atoms with Crippen molar-refractivity contribution in [3.05, 3.63) is 28.8 Å². The number of phenols is 1. The first kappa shape index (κ1) is 14.4. The lowest BCUT2D eigenvalue weighted by Gasteiger charge is -2.29. The monoisotopic (exact) mass is 262 g/mol. The van der Waals surface area contributed by atoms with Gasteiger partial charge in [-0.1, -0.05) is 25.0 Å². The molecule has 1 fully saturated rings. The molecule has 0 atom stereocenters. The van der Waals surface area contributed by atoms with Gasteiger partial charge in [-0.05, 0) is 45.0 Å². The number of nitrogens with zero attached hydrogens (tertiary/aromatic N) is 1. The molecule has 1 saturated carbocycles. The molecule has 1 aliphatic carbocycles. The van der Waals surface area contributed by atoms with E-state index in [9.17, 15) is 5.11 Å². The van der Waals surface area contributed by atoms with Crippen LogP contribution in [0.5, 0.6) is 5.75 Å². The first-order valence-electron chi connectivity index (χ1n) is 7.16. The fourth-order valence-corrected chi connectivity index (χ4v) is 3.28. The summed E-state index contributed by atoms with van der Waals surface area (Å²) in [6, 6.07) is 4.30. The minimum atomic E-state index is 0.138. The molecule has 106 valence electrons. The second-order valence-electron chi connectivity index (χ2n) is 6.23. The first-order chi connectivity index (χ1) is 8.98. The van der Waals surface area contributed by atoms with Gasteiger partial charge in [-0.3, -0.25) is 0 Å². The SMILES string of the molecule is Cc1cc(C2(CN)CCCC2)cc(CN(C)C)c1O. The number of rotatable bonds is 4. The van der Waals surface area contributed by atoms with Gasteiger partial charge in [0.25, 0.3) is 0 Å². The van der Waals surface area contributed by atoms with Gasteiger partial charge in [0.15, 0.2) is 0 Å². The van der Waals surface area contributed by atoms with Crippen LogP contribution in [-0.4, -0.2) is 30.6 Å². The Morgan fingerprint density at radius 1 is 1.26 bits per heavy atom. The van der Waals surface area contributed by atoms with Gasteiger partial charge in [0, 0.05) is 24.1 Å². The molecule has 0 aliphatic heterocycles. The molecule has 0 unspecified atom stereocenters. The number of aryl methyl sites for hydroxylation is 1. The average Bonchev–Trinajstić information content (AvgIpc) is 2.84. The highest BCUT2D eigenvalue weighted by Crippen LogP contribution is 2.42. The first-order valence-corrected chi connectivity index (χ1v) is 7.16. The van der Waals surface area contributed by atoms with Crippen LogP contribution in [0, 0.1) is 6.92 Å². The molecule has 0 aromatic heterocycles. The van der Waals surface area contributed by atoms with Crippen LogP contribution in [0.2, 0.25) is 0 Å². The summed E-state index contributed by atoms with van der Waals surface area (Å²) in [6.45, 7) is 3.46. The van der Waals surface area contributed by atoms with Crippen molar-refractivity contribution >= 4 is 0 Å². The Bertz CT molecular complexity index is 448. The van der Waals surface area contributed by atoms with E-state index in [0.717, 1.165) is 17.7 Å². The van der Waals surface area contributed by atoms with Crippen LogP contribution in [0.3, 0.4) is 0 Å². The predicted molar refractivity (Wildman–Crippen MR) is 79.4 cm³/mol. The lowest BCUT2D eigenvalue weighted by molar-refractivity contribution is 0.382. The van der Waals surface area contributed by atoms with Gasteiger partial charge >= 0.3 is 0 Å². The second kappa shape index (κ2) is 5.51. The lowest BCUT2D eigenvalue weighted by atomic mass is 9.77. The van der Waals surface area contributed by atoms with Crippen LogP contribution >= 0.6 is 0 Å². The van der Waals surface area contributed by atoms with Crippen molar-refractivity contribution in [1.82, 2.24) is 4.90 Å². The molecular formula is C16H26N2O. The predicted octanol–water partition coefficient (Wildman–Crippen LogP) is 2.53. The molecule has 19 heavy (non-hydrogen) atoms. The van der Waals surface area contributed by atoms with Gasteiger partial charge in [0.05, 0.1) is 0 Å². The van der Waals surface area contributed by atoms with Crippen molar-refractivity contribution in [2.24, 2.45) is 5.73 Å². The van der Waals surface area contributed by atoms with E-state index in [4.69, 9.17) is 5.73 Å². The molecule has 2 rings (SSSR count). The van der Waals surface area contributed by atoms with E-state index >= 15 is 0 Å². The van der Waals surface area contributed by atoms with Crippen molar-refractivity contribution in [3.8, 4) is 5.75 Å². The zero-order chi connectivity index (χ0) is 14.0. The molecule has 0 saturated heterocycles. The molecule has 1 aliphatic rings. The summed E-state index contributed by atoms with van der Waals surface area (Å²) in [6.07, 6.45) is 4.88. The summed E-state index contributed by atoms with van der Waals surface area (Å²) in [4.78, 5) is 2.09. The van der Waals surface area contributed by atoms with Crippen molar-refractivity contribution < 1.29 is 5.11 Å². The third-order valence-corrected chi connectivity index (χ3v) is 4.43. The van der Waals surface area contributed by atoms with Gasteiger partial charge in [0.1, 0.15) is 5.75 Å². The quantitative estimate of drug-likeness (QED) is 0.876. The van der Waals surface area contributed by atoms with Crippen LogP contribution in [0.4, 0.5) is 0 Å². The Hall–Kier alpha value is -1.06. The summed E-state index contributed by atoms with van der Waals surface area (Å²) < 4.78 is 0. The summed E-state index contributed by atoms with van der Waals surface area (Å²) in [5, 5.41) is 10.2. The van der Waals surface area contributed by atoms with Gasteiger partial charge in [-0.15, -0.1) is 0 Å². The minimum Gasteiger partial charge on any atom is -0.507 e. The van der Waals surface area contributed by atoms with E-state index in [0.29, 0.717) is 12.3 Å². The lowest BCUT2D eigenvalue weighted by Crippen LogP contribution is -2.32. The van der Waals surface area contributed by atoms with Crippen molar-refractivity contribution in [2.45, 2.75) is 44.6 Å². The number of benzene rings is 1. The van der Waals surface area contributed by atoms with E-state index in [-0.39, 0.29) is 5.41 Å². The summed E-state index contributed by atoms with van der Waals surface area (Å²) in [7, 11) is 4.05. The maximum absolute atomic E-state index is 10.2. The van der Waals surface area contributed by atoms with Gasteiger partial charge < -0.3 is 15.7 Å². The van der Waals surface area contributed by atoms with E-state index < -0.39 is 0 Å². The smallest absolute Gasteiger partial charge is 0.122 e. The molecule has 0 spiro atoms. The van der Waals surface area contributed by atoms with Crippen LogP contribution in [0.15, 0.2) is 12.1 Å². The van der Waals surface area contributed by atoms with Crippen molar-refractivity contribution in [2.75, 3.05) is 20.6 Å². The topological polar surface area (TPSA) is 49.5 Å². The molecule has 3 nitrogen and oxygen atoms in total. The molecule has 1 aromatic carbocycles. The molecule has 0 amide bonds. The Labute approximate surface area is 116 Å². The maximum atomic E-state index is 10.2. The summed E-state index contributed by atoms with van der Waals surface area (Å²) in [5.41, 5.74) is 9.51. The molecular weight excluding hydrogens is 236 g/mol. The molecule has 0 radical (unpaired) electrons. The Morgan fingerprint density at radius 3 is 2.42 bits per heavy atom. The van der Waals surface area contributed by atoms with Crippen LogP contribution in [0.25, 0.3) is 0 Å². The average molecular weight is 262 g/mol. The highest BCUT2D eigenvalue weighted by Gasteiger charge is 2.34. The fraction of sp³-hybridized carbons (Fsp3) is 0.625. The largest absolute Gasteiger partial charge is 0.507 e. The van der Waals surface area contributed by atoms with Gasteiger partial charge in [-0.2, -0.15) is 0 Å². The van der Waals surface area contributed by atoms with Gasteiger partial charge in [-0.25, -0.2) is 0 Å². The Morgan fingerprint density at radius 2 is 1.89 bits per heavy atom. The van der Waals surface area contributed by atoms with E-state index in [1.54, 1.807) is 0 Å². The van der Waals surface area contributed by atoms with E-state index in [1.165, 1.54) is 31.2 Å². The van der Waals surface area contributed by atoms with E-state index in [2.05, 4.69) is 17.0 Å². The van der Waals surface area contributed by atoms with Gasteiger partial charge in [0.2, 0.25) is 0 Å². The van der Waals surface area contributed by atoms with Crippen molar-refractivity contribution in [1.29, 1.82) is 0 Å². The molecule has 3 N–H and O–H groups in total. The zero-order valence-corrected chi connectivity index (χ0v) is 12.4. The van der Waals surface area contributed by atoms with Crippen molar-refractivity contribution in [3.63, 3.8) is 0 Å². The number of hydrogen-bond donors (Lipinski definition) is 2. The zero-order valence-electron chi connectivity index (χ0n) is 12.4.